The van der Waals surface area contributed by atoms with Crippen molar-refractivity contribution in [3.05, 3.63) is 173 Å². The van der Waals surface area contributed by atoms with E-state index in [9.17, 15) is 18.6 Å². The standard InChI is InChI=1S/C46H46O6S/c1-7-46(6,52-41-24-14-35(15-25-41)45(4,5)33-10-20-38(48)21-11-33)36-16-28-42(29-17-36)53(49,50)43-30-26-40(27-31-43)51-39-22-12-34(13-23-39)44(2,3)32-8-18-37(47)19-9-32/h8-31,47-48H,7H2,1-6H3. The molecule has 272 valence electrons. The summed E-state index contributed by atoms with van der Waals surface area (Å²) in [7, 11) is -3.78. The van der Waals surface area contributed by atoms with Crippen LogP contribution < -0.4 is 9.47 Å². The van der Waals surface area contributed by atoms with Crippen molar-refractivity contribution in [2.45, 2.75) is 74.2 Å². The van der Waals surface area contributed by atoms with E-state index in [1.807, 2.05) is 86.6 Å². The summed E-state index contributed by atoms with van der Waals surface area (Å²) < 4.78 is 39.8. The van der Waals surface area contributed by atoms with Gasteiger partial charge in [-0.1, -0.05) is 95.3 Å². The Morgan fingerprint density at radius 3 is 1.13 bits per heavy atom. The fraction of sp³-hybridized carbons (Fsp3) is 0.217. The van der Waals surface area contributed by atoms with Gasteiger partial charge in [0.05, 0.1) is 9.79 Å². The molecule has 6 rings (SSSR count). The first-order chi connectivity index (χ1) is 25.1. The van der Waals surface area contributed by atoms with Crippen molar-refractivity contribution in [1.29, 1.82) is 0 Å². The minimum absolute atomic E-state index is 0.174. The lowest BCUT2D eigenvalue weighted by atomic mass is 9.78. The molecule has 0 saturated carbocycles. The van der Waals surface area contributed by atoms with Gasteiger partial charge in [0, 0.05) is 10.8 Å². The minimum atomic E-state index is -3.78. The van der Waals surface area contributed by atoms with Crippen LogP contribution in [0.3, 0.4) is 0 Å². The SMILES string of the molecule is CCC(C)(Oc1ccc(C(C)(C)c2ccc(O)cc2)cc1)c1ccc(S(=O)(=O)c2ccc(Oc3ccc(C(C)(C)c4ccc(O)cc4)cc3)cc2)cc1. The molecule has 0 amide bonds. The van der Waals surface area contributed by atoms with Gasteiger partial charge in [-0.15, -0.1) is 0 Å². The molecule has 0 radical (unpaired) electrons. The Balaban J connectivity index is 1.11. The first-order valence-electron chi connectivity index (χ1n) is 17.7. The fourth-order valence-electron chi connectivity index (χ4n) is 6.51. The highest BCUT2D eigenvalue weighted by Gasteiger charge is 2.29. The van der Waals surface area contributed by atoms with Gasteiger partial charge in [-0.25, -0.2) is 8.42 Å². The Kier molecular flexibility index (Phi) is 10.2. The maximum atomic E-state index is 13.6. The summed E-state index contributed by atoms with van der Waals surface area (Å²) >= 11 is 0. The van der Waals surface area contributed by atoms with Gasteiger partial charge in [0.25, 0.3) is 0 Å². The van der Waals surface area contributed by atoms with Crippen LogP contribution in [0.2, 0.25) is 0 Å². The molecule has 0 fully saturated rings. The van der Waals surface area contributed by atoms with E-state index in [-0.39, 0.29) is 32.1 Å². The average molecular weight is 727 g/mol. The number of rotatable bonds is 12. The third-order valence-corrected chi connectivity index (χ3v) is 12.3. The summed E-state index contributed by atoms with van der Waals surface area (Å²) in [5, 5.41) is 19.4. The van der Waals surface area contributed by atoms with E-state index in [2.05, 4.69) is 39.8 Å². The van der Waals surface area contributed by atoms with Crippen LogP contribution in [0.1, 0.15) is 75.8 Å². The highest BCUT2D eigenvalue weighted by molar-refractivity contribution is 7.91. The van der Waals surface area contributed by atoms with Crippen LogP contribution in [0.25, 0.3) is 0 Å². The first-order valence-corrected chi connectivity index (χ1v) is 19.2. The van der Waals surface area contributed by atoms with E-state index in [0.717, 1.165) is 27.8 Å². The first kappa shape index (κ1) is 37.2. The molecule has 0 heterocycles. The number of phenolic OH excluding ortho intramolecular Hbond substituents is 2. The molecule has 53 heavy (non-hydrogen) atoms. The van der Waals surface area contributed by atoms with Gasteiger partial charge in [0.15, 0.2) is 0 Å². The summed E-state index contributed by atoms with van der Waals surface area (Å²) in [4.78, 5) is 0.370. The van der Waals surface area contributed by atoms with E-state index in [1.165, 1.54) is 0 Å². The van der Waals surface area contributed by atoms with Crippen molar-refractivity contribution in [2.75, 3.05) is 0 Å². The number of aromatic hydroxyl groups is 2. The molecule has 0 aliphatic carbocycles. The van der Waals surface area contributed by atoms with Crippen LogP contribution in [0, 0.1) is 0 Å². The van der Waals surface area contributed by atoms with Gasteiger partial charge in [-0.2, -0.15) is 0 Å². The van der Waals surface area contributed by atoms with Gasteiger partial charge in [-0.05, 0) is 126 Å². The molecule has 6 aromatic rings. The van der Waals surface area contributed by atoms with Crippen molar-refractivity contribution < 1.29 is 28.1 Å². The summed E-state index contributed by atoms with van der Waals surface area (Å²) in [6, 6.07) is 43.7. The molecule has 2 N–H and O–H groups in total. The van der Waals surface area contributed by atoms with Crippen LogP contribution in [0.4, 0.5) is 0 Å². The normalized spacial score (nSPS) is 13.2. The molecule has 6 nitrogen and oxygen atoms in total. The van der Waals surface area contributed by atoms with Gasteiger partial charge < -0.3 is 19.7 Å². The Labute approximate surface area is 313 Å². The highest BCUT2D eigenvalue weighted by atomic mass is 32.2. The molecule has 0 saturated heterocycles. The molecule has 0 aliphatic rings. The summed E-state index contributed by atoms with van der Waals surface area (Å²) in [6.07, 6.45) is 0.667. The molecule has 0 aliphatic heterocycles. The Hall–Kier alpha value is -5.53. The minimum Gasteiger partial charge on any atom is -0.508 e. The molecule has 7 heteroatoms. The van der Waals surface area contributed by atoms with Gasteiger partial charge in [-0.3, -0.25) is 0 Å². The maximum absolute atomic E-state index is 13.6. The second kappa shape index (κ2) is 14.5. The monoisotopic (exact) mass is 726 g/mol. The molecular formula is C46H46O6S. The molecule has 1 unspecified atom stereocenters. The number of benzene rings is 6. The Morgan fingerprint density at radius 2 is 0.755 bits per heavy atom. The van der Waals surface area contributed by atoms with Crippen LogP contribution in [-0.4, -0.2) is 18.6 Å². The van der Waals surface area contributed by atoms with E-state index < -0.39 is 15.4 Å². The zero-order valence-electron chi connectivity index (χ0n) is 31.0. The zero-order valence-corrected chi connectivity index (χ0v) is 31.8. The smallest absolute Gasteiger partial charge is 0.206 e. The third kappa shape index (κ3) is 7.81. The molecule has 0 bridgehead atoms. The largest absolute Gasteiger partial charge is 0.508 e. The third-order valence-electron chi connectivity index (χ3n) is 10.5. The molecule has 0 aromatic heterocycles. The summed E-state index contributed by atoms with van der Waals surface area (Å²) in [6.45, 7) is 12.6. The maximum Gasteiger partial charge on any atom is 0.206 e. The van der Waals surface area contributed by atoms with Crippen LogP contribution in [0.5, 0.6) is 28.7 Å². The zero-order chi connectivity index (χ0) is 38.0. The quantitative estimate of drug-likeness (QED) is 0.130. The summed E-state index contributed by atoms with van der Waals surface area (Å²) in [5.74, 6) is 2.35. The lowest BCUT2D eigenvalue weighted by Crippen LogP contribution is -2.28. The van der Waals surface area contributed by atoms with E-state index >= 15 is 0 Å². The van der Waals surface area contributed by atoms with Gasteiger partial charge >= 0.3 is 0 Å². The molecule has 1 atom stereocenters. The van der Waals surface area contributed by atoms with Crippen LogP contribution >= 0.6 is 0 Å². The van der Waals surface area contributed by atoms with E-state index in [0.29, 0.717) is 23.7 Å². The number of hydrogen-bond donors (Lipinski definition) is 2. The van der Waals surface area contributed by atoms with Crippen molar-refractivity contribution in [3.8, 4) is 28.7 Å². The lowest BCUT2D eigenvalue weighted by molar-refractivity contribution is 0.0825. The molecular weight excluding hydrogens is 681 g/mol. The molecule has 6 aromatic carbocycles. The van der Waals surface area contributed by atoms with Gasteiger partial charge in [0.1, 0.15) is 34.3 Å². The Morgan fingerprint density at radius 1 is 0.453 bits per heavy atom. The van der Waals surface area contributed by atoms with Gasteiger partial charge in [0.2, 0.25) is 9.84 Å². The van der Waals surface area contributed by atoms with Crippen molar-refractivity contribution >= 4 is 9.84 Å². The predicted octanol–water partition coefficient (Wildman–Crippen LogP) is 11.1. The topological polar surface area (TPSA) is 93.1 Å². The van der Waals surface area contributed by atoms with Crippen molar-refractivity contribution in [1.82, 2.24) is 0 Å². The number of hydrogen-bond acceptors (Lipinski definition) is 6. The van der Waals surface area contributed by atoms with Crippen molar-refractivity contribution in [2.24, 2.45) is 0 Å². The van der Waals surface area contributed by atoms with E-state index in [1.54, 1.807) is 60.7 Å². The van der Waals surface area contributed by atoms with E-state index in [4.69, 9.17) is 9.47 Å². The summed E-state index contributed by atoms with van der Waals surface area (Å²) in [5.41, 5.74) is 4.02. The average Bonchev–Trinajstić information content (AvgIpc) is 3.16. The van der Waals surface area contributed by atoms with Crippen molar-refractivity contribution in [3.63, 3.8) is 0 Å². The second-order valence-corrected chi connectivity index (χ2v) is 16.6. The fourth-order valence-corrected chi connectivity index (χ4v) is 7.77. The predicted molar refractivity (Wildman–Crippen MR) is 210 cm³/mol. The number of sulfone groups is 1. The Bertz CT molecular complexity index is 2260. The lowest BCUT2D eigenvalue weighted by Gasteiger charge is -2.31. The number of ether oxygens (including phenoxy) is 2. The number of phenols is 2. The molecule has 0 spiro atoms. The highest BCUT2D eigenvalue weighted by Crippen LogP contribution is 2.37. The van der Waals surface area contributed by atoms with Crippen LogP contribution in [-0.2, 0) is 26.3 Å². The van der Waals surface area contributed by atoms with Crippen LogP contribution in [0.15, 0.2) is 155 Å². The second-order valence-electron chi connectivity index (χ2n) is 14.7.